The number of hydrogen-bond acceptors (Lipinski definition) is 6. The van der Waals surface area contributed by atoms with Crippen molar-refractivity contribution in [2.45, 2.75) is 37.6 Å². The first-order valence-corrected chi connectivity index (χ1v) is 10.3. The highest BCUT2D eigenvalue weighted by atomic mass is 32.2. The predicted molar refractivity (Wildman–Crippen MR) is 112 cm³/mol. The van der Waals surface area contributed by atoms with Crippen molar-refractivity contribution in [2.75, 3.05) is 25.0 Å². The Morgan fingerprint density at radius 3 is 2.68 bits per heavy atom. The third kappa shape index (κ3) is 7.70. The first-order valence-electron chi connectivity index (χ1n) is 9.30. The van der Waals surface area contributed by atoms with Crippen molar-refractivity contribution in [3.8, 4) is 0 Å². The highest BCUT2D eigenvalue weighted by Gasteiger charge is 2.18. The standard InChI is InChI=1S/C21H27N3O3S/c1-4-27-21(26)14-24(16(2)3)13-19(25)23-18-9-7-8-17(12-18)15-28-20-10-5-6-11-22-20/h5-12,16H,4,13-15H2,1-3H3,(H,23,25). The number of anilines is 1. The topological polar surface area (TPSA) is 71.5 Å². The van der Waals surface area contributed by atoms with Crippen LogP contribution in [0.4, 0.5) is 5.69 Å². The number of nitrogens with zero attached hydrogens (tertiary/aromatic N) is 2. The summed E-state index contributed by atoms with van der Waals surface area (Å²) in [6.07, 6.45) is 1.77. The molecule has 0 aliphatic carbocycles. The molecule has 1 aromatic heterocycles. The fourth-order valence-electron chi connectivity index (χ4n) is 2.51. The van der Waals surface area contributed by atoms with Crippen LogP contribution in [-0.4, -0.2) is 47.5 Å². The number of carbonyl (C=O) groups excluding carboxylic acids is 2. The first kappa shape index (κ1) is 21.9. The van der Waals surface area contributed by atoms with E-state index >= 15 is 0 Å². The second-order valence-corrected chi connectivity index (χ2v) is 7.50. The maximum Gasteiger partial charge on any atom is 0.320 e. The van der Waals surface area contributed by atoms with Gasteiger partial charge in [0.15, 0.2) is 0 Å². The lowest BCUT2D eigenvalue weighted by Crippen LogP contribution is -2.41. The van der Waals surface area contributed by atoms with E-state index in [2.05, 4.69) is 10.3 Å². The molecule has 0 saturated heterocycles. The van der Waals surface area contributed by atoms with Crippen LogP contribution >= 0.6 is 11.8 Å². The molecule has 0 fully saturated rings. The molecule has 28 heavy (non-hydrogen) atoms. The van der Waals surface area contributed by atoms with Crippen molar-refractivity contribution in [3.63, 3.8) is 0 Å². The number of hydrogen-bond donors (Lipinski definition) is 1. The lowest BCUT2D eigenvalue weighted by molar-refractivity contribution is -0.145. The fraction of sp³-hybridized carbons (Fsp3) is 0.381. The number of ether oxygens (including phenoxy) is 1. The molecule has 0 aliphatic heterocycles. The minimum absolute atomic E-state index is 0.0521. The van der Waals surface area contributed by atoms with Gasteiger partial charge in [0.25, 0.3) is 0 Å². The van der Waals surface area contributed by atoms with Crippen LogP contribution in [0.5, 0.6) is 0 Å². The van der Waals surface area contributed by atoms with E-state index in [9.17, 15) is 9.59 Å². The molecule has 0 radical (unpaired) electrons. The van der Waals surface area contributed by atoms with E-state index in [-0.39, 0.29) is 31.0 Å². The SMILES string of the molecule is CCOC(=O)CN(CC(=O)Nc1cccc(CSc2ccccn2)c1)C(C)C. The van der Waals surface area contributed by atoms with Gasteiger partial charge in [-0.05, 0) is 50.6 Å². The van der Waals surface area contributed by atoms with Crippen molar-refractivity contribution in [2.24, 2.45) is 0 Å². The summed E-state index contributed by atoms with van der Waals surface area (Å²) in [6, 6.07) is 13.6. The van der Waals surface area contributed by atoms with Crippen LogP contribution in [0, 0.1) is 0 Å². The van der Waals surface area contributed by atoms with E-state index in [1.165, 1.54) is 0 Å². The van der Waals surface area contributed by atoms with Crippen molar-refractivity contribution >= 4 is 29.3 Å². The molecule has 1 N–H and O–H groups in total. The Morgan fingerprint density at radius 2 is 2.00 bits per heavy atom. The lowest BCUT2D eigenvalue weighted by Gasteiger charge is -2.24. The second-order valence-electron chi connectivity index (χ2n) is 6.51. The van der Waals surface area contributed by atoms with E-state index in [0.29, 0.717) is 6.61 Å². The fourth-order valence-corrected chi connectivity index (χ4v) is 3.31. The zero-order valence-corrected chi connectivity index (χ0v) is 17.4. The monoisotopic (exact) mass is 401 g/mol. The Kier molecular flexibility index (Phi) is 8.97. The van der Waals surface area contributed by atoms with Gasteiger partial charge in [0.05, 0.1) is 24.7 Å². The molecule has 0 spiro atoms. The maximum atomic E-state index is 12.4. The smallest absolute Gasteiger partial charge is 0.320 e. The van der Waals surface area contributed by atoms with Gasteiger partial charge in [-0.25, -0.2) is 4.98 Å². The Bertz CT molecular complexity index is 769. The van der Waals surface area contributed by atoms with Gasteiger partial charge in [-0.15, -0.1) is 11.8 Å². The van der Waals surface area contributed by atoms with Crippen LogP contribution in [0.2, 0.25) is 0 Å². The maximum absolute atomic E-state index is 12.4. The third-order valence-electron chi connectivity index (χ3n) is 3.95. The quantitative estimate of drug-likeness (QED) is 0.485. The van der Waals surface area contributed by atoms with E-state index in [1.54, 1.807) is 29.8 Å². The van der Waals surface area contributed by atoms with Gasteiger partial charge in [-0.2, -0.15) is 0 Å². The van der Waals surface area contributed by atoms with Gasteiger partial charge in [0.2, 0.25) is 5.91 Å². The largest absolute Gasteiger partial charge is 0.465 e. The van der Waals surface area contributed by atoms with Crippen LogP contribution in [0.1, 0.15) is 26.3 Å². The normalized spacial score (nSPS) is 10.9. The molecule has 0 unspecified atom stereocenters. The van der Waals surface area contributed by atoms with E-state index in [0.717, 1.165) is 22.0 Å². The molecular formula is C21H27N3O3S. The lowest BCUT2D eigenvalue weighted by atomic mass is 10.2. The van der Waals surface area contributed by atoms with Crippen molar-refractivity contribution in [1.82, 2.24) is 9.88 Å². The summed E-state index contributed by atoms with van der Waals surface area (Å²) in [6.45, 7) is 6.22. The molecule has 150 valence electrons. The zero-order valence-electron chi connectivity index (χ0n) is 16.6. The van der Waals surface area contributed by atoms with Crippen LogP contribution < -0.4 is 5.32 Å². The van der Waals surface area contributed by atoms with E-state index in [4.69, 9.17) is 4.74 Å². The minimum atomic E-state index is -0.322. The summed E-state index contributed by atoms with van der Waals surface area (Å²) < 4.78 is 4.98. The molecule has 0 bridgehead atoms. The molecule has 0 aliphatic rings. The highest BCUT2D eigenvalue weighted by Crippen LogP contribution is 2.22. The van der Waals surface area contributed by atoms with Gasteiger partial charge < -0.3 is 10.1 Å². The average molecular weight is 402 g/mol. The summed E-state index contributed by atoms with van der Waals surface area (Å²) in [4.78, 5) is 30.3. The van der Waals surface area contributed by atoms with Crippen molar-refractivity contribution < 1.29 is 14.3 Å². The van der Waals surface area contributed by atoms with Gasteiger partial charge in [-0.3, -0.25) is 14.5 Å². The molecular weight excluding hydrogens is 374 g/mol. The molecule has 2 rings (SSSR count). The Morgan fingerprint density at radius 1 is 1.18 bits per heavy atom. The molecule has 0 atom stereocenters. The number of carbonyl (C=O) groups is 2. The number of benzene rings is 1. The minimum Gasteiger partial charge on any atom is -0.465 e. The Labute approximate surface area is 170 Å². The van der Waals surface area contributed by atoms with Crippen LogP contribution in [0.25, 0.3) is 0 Å². The number of rotatable bonds is 10. The van der Waals surface area contributed by atoms with Gasteiger partial charge in [0.1, 0.15) is 0 Å². The van der Waals surface area contributed by atoms with E-state index in [1.807, 2.05) is 56.3 Å². The van der Waals surface area contributed by atoms with Crippen molar-refractivity contribution in [3.05, 3.63) is 54.2 Å². The van der Waals surface area contributed by atoms with Crippen LogP contribution in [0.3, 0.4) is 0 Å². The molecule has 6 nitrogen and oxygen atoms in total. The zero-order chi connectivity index (χ0) is 20.4. The summed E-state index contributed by atoms with van der Waals surface area (Å²) in [5, 5.41) is 3.88. The highest BCUT2D eigenvalue weighted by molar-refractivity contribution is 7.98. The molecule has 1 heterocycles. The van der Waals surface area contributed by atoms with Gasteiger partial charge in [0, 0.05) is 23.7 Å². The number of esters is 1. The Balaban J connectivity index is 1.90. The molecule has 0 saturated carbocycles. The molecule has 2 aromatic rings. The first-order chi connectivity index (χ1) is 13.5. The molecule has 1 amide bonds. The van der Waals surface area contributed by atoms with Crippen molar-refractivity contribution in [1.29, 1.82) is 0 Å². The summed E-state index contributed by atoms with van der Waals surface area (Å²) >= 11 is 1.64. The van der Waals surface area contributed by atoms with Crippen LogP contribution in [0.15, 0.2) is 53.7 Å². The van der Waals surface area contributed by atoms with Crippen LogP contribution in [-0.2, 0) is 20.1 Å². The number of amides is 1. The summed E-state index contributed by atoms with van der Waals surface area (Å²) in [7, 11) is 0. The number of thioether (sulfide) groups is 1. The second kappa shape index (κ2) is 11.5. The number of aromatic nitrogens is 1. The van der Waals surface area contributed by atoms with E-state index < -0.39 is 0 Å². The molecule has 1 aromatic carbocycles. The summed E-state index contributed by atoms with van der Waals surface area (Å²) in [5.74, 6) is 0.284. The Hall–Kier alpha value is -2.38. The number of nitrogens with one attached hydrogen (secondary N) is 1. The average Bonchev–Trinajstić information content (AvgIpc) is 2.67. The third-order valence-corrected chi connectivity index (χ3v) is 4.96. The number of pyridine rings is 1. The summed E-state index contributed by atoms with van der Waals surface area (Å²) in [5.41, 5.74) is 1.84. The predicted octanol–water partition coefficient (Wildman–Crippen LogP) is 3.59. The van der Waals surface area contributed by atoms with Gasteiger partial charge >= 0.3 is 5.97 Å². The molecule has 7 heteroatoms. The van der Waals surface area contributed by atoms with Gasteiger partial charge in [-0.1, -0.05) is 18.2 Å².